The number of hydrogen-bond donors (Lipinski definition) is 1. The molecule has 0 aliphatic heterocycles. The van der Waals surface area contributed by atoms with Crippen LogP contribution in [0, 0.1) is 0 Å². The van der Waals surface area contributed by atoms with Crippen molar-refractivity contribution >= 4 is 27.8 Å². The number of aromatic nitrogens is 1. The standard InChI is InChI=1S/C30H29NO5/c1-2-8-24-28(14-13-22-25(19-36-30(22)24)21-9-4-3-5-10-21)34-18-7-16-31-17-15-23-26(31)11-6-12-27(23)35-20-29(32)33/h3-6,9-15,17,19H,2,7-8,16,18,20H2,1H3,(H,32,33). The smallest absolute Gasteiger partial charge is 0.341 e. The second-order valence-electron chi connectivity index (χ2n) is 8.77. The summed E-state index contributed by atoms with van der Waals surface area (Å²) in [6.07, 6.45) is 6.55. The molecule has 0 spiro atoms. The first-order valence-corrected chi connectivity index (χ1v) is 12.3. The van der Waals surface area contributed by atoms with Crippen molar-refractivity contribution in [2.24, 2.45) is 0 Å². The van der Waals surface area contributed by atoms with Crippen LogP contribution in [0.15, 0.2) is 83.6 Å². The van der Waals surface area contributed by atoms with Gasteiger partial charge in [-0.1, -0.05) is 49.7 Å². The molecule has 0 amide bonds. The van der Waals surface area contributed by atoms with Gasteiger partial charge in [0.2, 0.25) is 0 Å². The number of rotatable bonds is 11. The summed E-state index contributed by atoms with van der Waals surface area (Å²) in [4.78, 5) is 10.9. The summed E-state index contributed by atoms with van der Waals surface area (Å²) in [6, 6.07) is 22.1. The summed E-state index contributed by atoms with van der Waals surface area (Å²) in [7, 11) is 0. The lowest BCUT2D eigenvalue weighted by Gasteiger charge is -2.13. The van der Waals surface area contributed by atoms with Gasteiger partial charge in [0, 0.05) is 34.6 Å². The van der Waals surface area contributed by atoms with Crippen molar-refractivity contribution in [2.45, 2.75) is 32.7 Å². The number of carbonyl (C=O) groups is 1. The Bertz CT molecular complexity index is 1480. The zero-order chi connectivity index (χ0) is 24.9. The Labute approximate surface area is 209 Å². The van der Waals surface area contributed by atoms with Crippen LogP contribution in [0.1, 0.15) is 25.3 Å². The Morgan fingerprint density at radius 2 is 1.81 bits per heavy atom. The number of ether oxygens (including phenoxy) is 2. The first-order valence-electron chi connectivity index (χ1n) is 12.3. The summed E-state index contributed by atoms with van der Waals surface area (Å²) in [5.74, 6) is 0.464. The number of carboxylic acid groups (broad SMARTS) is 1. The van der Waals surface area contributed by atoms with E-state index in [0.717, 1.165) is 70.1 Å². The van der Waals surface area contributed by atoms with E-state index in [4.69, 9.17) is 19.0 Å². The molecular formula is C30H29NO5. The number of fused-ring (bicyclic) bond motifs is 2. The van der Waals surface area contributed by atoms with Crippen LogP contribution >= 0.6 is 0 Å². The second kappa shape index (κ2) is 10.6. The Hall–Kier alpha value is -4.19. The highest BCUT2D eigenvalue weighted by Crippen LogP contribution is 2.37. The largest absolute Gasteiger partial charge is 0.493 e. The third kappa shape index (κ3) is 4.80. The van der Waals surface area contributed by atoms with E-state index in [0.29, 0.717) is 12.4 Å². The lowest BCUT2D eigenvalue weighted by molar-refractivity contribution is -0.139. The lowest BCUT2D eigenvalue weighted by Crippen LogP contribution is -2.09. The minimum absolute atomic E-state index is 0.356. The van der Waals surface area contributed by atoms with Crippen LogP contribution in [-0.2, 0) is 17.8 Å². The molecule has 5 rings (SSSR count). The molecule has 0 fully saturated rings. The molecule has 0 aliphatic carbocycles. The van der Waals surface area contributed by atoms with Gasteiger partial charge in [-0.05, 0) is 48.7 Å². The molecular weight excluding hydrogens is 454 g/mol. The van der Waals surface area contributed by atoms with E-state index in [2.05, 4.69) is 35.8 Å². The van der Waals surface area contributed by atoms with Gasteiger partial charge in [-0.15, -0.1) is 0 Å². The van der Waals surface area contributed by atoms with E-state index in [-0.39, 0.29) is 6.61 Å². The van der Waals surface area contributed by atoms with Gasteiger partial charge in [0.15, 0.2) is 6.61 Å². The van der Waals surface area contributed by atoms with Gasteiger partial charge in [0.05, 0.1) is 18.4 Å². The van der Waals surface area contributed by atoms with E-state index < -0.39 is 5.97 Å². The van der Waals surface area contributed by atoms with Gasteiger partial charge in [-0.3, -0.25) is 0 Å². The summed E-state index contributed by atoms with van der Waals surface area (Å²) in [6.45, 7) is 3.15. The molecule has 184 valence electrons. The molecule has 0 unspecified atom stereocenters. The number of carboxylic acids is 1. The summed E-state index contributed by atoms with van der Waals surface area (Å²) < 4.78 is 19.9. The quantitative estimate of drug-likeness (QED) is 0.206. The van der Waals surface area contributed by atoms with Gasteiger partial charge in [-0.25, -0.2) is 4.79 Å². The van der Waals surface area contributed by atoms with E-state index in [1.807, 2.05) is 48.9 Å². The van der Waals surface area contributed by atoms with Crippen LogP contribution in [0.2, 0.25) is 0 Å². The Kier molecular flexibility index (Phi) is 6.94. The van der Waals surface area contributed by atoms with Crippen LogP contribution in [0.3, 0.4) is 0 Å². The van der Waals surface area contributed by atoms with Gasteiger partial charge in [0.1, 0.15) is 17.1 Å². The number of hydrogen-bond acceptors (Lipinski definition) is 4. The van der Waals surface area contributed by atoms with Crippen molar-refractivity contribution in [1.29, 1.82) is 0 Å². The topological polar surface area (TPSA) is 73.8 Å². The van der Waals surface area contributed by atoms with Crippen LogP contribution in [0.25, 0.3) is 33.0 Å². The molecule has 1 N–H and O–H groups in total. The number of furan rings is 1. The fourth-order valence-corrected chi connectivity index (χ4v) is 4.67. The normalized spacial score (nSPS) is 11.2. The SMILES string of the molecule is CCCc1c(OCCCn2ccc3c(OCC(=O)O)cccc32)ccc2c(-c3ccccc3)coc12. The predicted octanol–water partition coefficient (Wildman–Crippen LogP) is 6.94. The van der Waals surface area contributed by atoms with E-state index in [1.165, 1.54) is 0 Å². The first-order chi connectivity index (χ1) is 17.7. The number of aryl methyl sites for hydroxylation is 2. The second-order valence-corrected chi connectivity index (χ2v) is 8.77. The summed E-state index contributed by atoms with van der Waals surface area (Å²) in [5, 5.41) is 10.9. The zero-order valence-corrected chi connectivity index (χ0v) is 20.3. The van der Waals surface area contributed by atoms with Gasteiger partial charge >= 0.3 is 5.97 Å². The molecule has 0 saturated heterocycles. The lowest BCUT2D eigenvalue weighted by atomic mass is 10.0. The van der Waals surface area contributed by atoms with E-state index in [1.54, 1.807) is 6.07 Å². The molecule has 0 aliphatic rings. The molecule has 0 atom stereocenters. The molecule has 6 heteroatoms. The maximum Gasteiger partial charge on any atom is 0.341 e. The Morgan fingerprint density at radius 1 is 0.944 bits per heavy atom. The first kappa shape index (κ1) is 23.5. The minimum Gasteiger partial charge on any atom is -0.493 e. The number of benzene rings is 3. The highest BCUT2D eigenvalue weighted by Gasteiger charge is 2.16. The highest BCUT2D eigenvalue weighted by atomic mass is 16.5. The van der Waals surface area contributed by atoms with Crippen molar-refractivity contribution in [3.8, 4) is 22.6 Å². The van der Waals surface area contributed by atoms with Crippen molar-refractivity contribution in [3.63, 3.8) is 0 Å². The Morgan fingerprint density at radius 3 is 2.61 bits per heavy atom. The molecule has 5 aromatic rings. The molecule has 2 heterocycles. The van der Waals surface area contributed by atoms with Crippen molar-refractivity contribution in [2.75, 3.05) is 13.2 Å². The number of aliphatic carboxylic acids is 1. The van der Waals surface area contributed by atoms with E-state index in [9.17, 15) is 4.79 Å². The predicted molar refractivity (Wildman–Crippen MR) is 141 cm³/mol. The molecule has 2 aromatic heterocycles. The number of nitrogens with zero attached hydrogens (tertiary/aromatic N) is 1. The maximum absolute atomic E-state index is 10.9. The summed E-state index contributed by atoms with van der Waals surface area (Å²) >= 11 is 0. The molecule has 36 heavy (non-hydrogen) atoms. The van der Waals surface area contributed by atoms with Crippen molar-refractivity contribution in [3.05, 3.63) is 84.8 Å². The van der Waals surface area contributed by atoms with Crippen LogP contribution < -0.4 is 9.47 Å². The van der Waals surface area contributed by atoms with Gasteiger partial charge in [-0.2, -0.15) is 0 Å². The fourth-order valence-electron chi connectivity index (χ4n) is 4.67. The van der Waals surface area contributed by atoms with Gasteiger partial charge in [0.25, 0.3) is 0 Å². The monoisotopic (exact) mass is 483 g/mol. The molecule has 0 radical (unpaired) electrons. The minimum atomic E-state index is -0.991. The van der Waals surface area contributed by atoms with E-state index >= 15 is 0 Å². The van der Waals surface area contributed by atoms with Crippen LogP contribution in [0.5, 0.6) is 11.5 Å². The molecule has 3 aromatic carbocycles. The van der Waals surface area contributed by atoms with Crippen LogP contribution in [0.4, 0.5) is 0 Å². The average Bonchev–Trinajstić information content (AvgIpc) is 3.52. The zero-order valence-electron chi connectivity index (χ0n) is 20.3. The summed E-state index contributed by atoms with van der Waals surface area (Å²) in [5.41, 5.74) is 5.26. The van der Waals surface area contributed by atoms with Gasteiger partial charge < -0.3 is 23.6 Å². The maximum atomic E-state index is 10.9. The molecule has 0 saturated carbocycles. The van der Waals surface area contributed by atoms with Crippen molar-refractivity contribution < 1.29 is 23.8 Å². The van der Waals surface area contributed by atoms with Crippen LogP contribution in [-0.4, -0.2) is 28.9 Å². The third-order valence-electron chi connectivity index (χ3n) is 6.31. The third-order valence-corrected chi connectivity index (χ3v) is 6.31. The average molecular weight is 484 g/mol. The fraction of sp³-hybridized carbons (Fsp3) is 0.233. The van der Waals surface area contributed by atoms with Crippen molar-refractivity contribution in [1.82, 2.24) is 4.57 Å². The highest BCUT2D eigenvalue weighted by molar-refractivity contribution is 5.96. The Balaban J connectivity index is 1.29. The molecule has 6 nitrogen and oxygen atoms in total. The molecule has 0 bridgehead atoms.